The molecule has 3 aromatic rings. The third-order valence-corrected chi connectivity index (χ3v) is 5.24. The van der Waals surface area contributed by atoms with Gasteiger partial charge in [-0.2, -0.15) is 0 Å². The monoisotopic (exact) mass is 366 g/mol. The molecular formula is C19H14N2O4S. The van der Waals surface area contributed by atoms with Crippen LogP contribution in [0.4, 0.5) is 5.69 Å². The number of carbonyl (C=O) groups is 2. The molecule has 1 N–H and O–H groups in total. The van der Waals surface area contributed by atoms with E-state index in [0.29, 0.717) is 16.5 Å². The standard InChI is InChI=1S/C19H14N2O4S/c1-21-16(18(23)12-7-3-5-9-15(12)26-21)19(24)20-13-10-25-14-8-4-2-6-11(14)17(13)22/h2-10,16H,1H3,(H,20,24). The fourth-order valence-electron chi connectivity index (χ4n) is 2.92. The van der Waals surface area contributed by atoms with Crippen molar-refractivity contribution in [2.45, 2.75) is 10.9 Å². The first-order chi connectivity index (χ1) is 12.6. The third kappa shape index (κ3) is 2.71. The van der Waals surface area contributed by atoms with Gasteiger partial charge in [0.1, 0.15) is 17.5 Å². The zero-order chi connectivity index (χ0) is 18.3. The second-order valence-electron chi connectivity index (χ2n) is 5.86. The van der Waals surface area contributed by atoms with Crippen molar-refractivity contribution in [1.82, 2.24) is 4.31 Å². The average Bonchev–Trinajstić information content (AvgIpc) is 2.64. The van der Waals surface area contributed by atoms with Crippen LogP contribution in [0.5, 0.6) is 0 Å². The molecule has 4 rings (SSSR count). The van der Waals surface area contributed by atoms with Gasteiger partial charge in [-0.25, -0.2) is 4.31 Å². The van der Waals surface area contributed by atoms with Crippen LogP contribution in [0.15, 0.2) is 68.9 Å². The van der Waals surface area contributed by atoms with E-state index < -0.39 is 11.9 Å². The smallest absolute Gasteiger partial charge is 0.250 e. The van der Waals surface area contributed by atoms with Crippen molar-refractivity contribution in [3.8, 4) is 0 Å². The summed E-state index contributed by atoms with van der Waals surface area (Å²) in [6, 6.07) is 12.9. The highest BCUT2D eigenvalue weighted by molar-refractivity contribution is 7.97. The van der Waals surface area contributed by atoms with Crippen molar-refractivity contribution in [2.75, 3.05) is 12.4 Å². The maximum Gasteiger partial charge on any atom is 0.250 e. The van der Waals surface area contributed by atoms with Crippen LogP contribution in [0.25, 0.3) is 11.0 Å². The van der Waals surface area contributed by atoms with Crippen molar-refractivity contribution < 1.29 is 14.0 Å². The Balaban J connectivity index is 1.66. The van der Waals surface area contributed by atoms with Gasteiger partial charge in [0.05, 0.1) is 5.39 Å². The predicted molar refractivity (Wildman–Crippen MR) is 99.3 cm³/mol. The summed E-state index contributed by atoms with van der Waals surface area (Å²) in [5.41, 5.74) is 0.602. The molecule has 6 nitrogen and oxygen atoms in total. The van der Waals surface area contributed by atoms with Gasteiger partial charge in [-0.1, -0.05) is 30.3 Å². The molecule has 26 heavy (non-hydrogen) atoms. The van der Waals surface area contributed by atoms with Crippen molar-refractivity contribution in [3.05, 3.63) is 70.6 Å². The first-order valence-electron chi connectivity index (χ1n) is 7.92. The van der Waals surface area contributed by atoms with Gasteiger partial charge >= 0.3 is 0 Å². The number of hydrogen-bond donors (Lipinski definition) is 1. The molecule has 0 spiro atoms. The number of nitrogens with zero attached hydrogens (tertiary/aromatic N) is 1. The number of para-hydroxylation sites is 1. The summed E-state index contributed by atoms with van der Waals surface area (Å²) in [7, 11) is 1.67. The number of hydrogen-bond acceptors (Lipinski definition) is 6. The number of carbonyl (C=O) groups excluding carboxylic acids is 2. The van der Waals surface area contributed by atoms with Gasteiger partial charge in [0.25, 0.3) is 5.91 Å². The Bertz CT molecular complexity index is 1090. The van der Waals surface area contributed by atoms with Crippen LogP contribution in [0.1, 0.15) is 10.4 Å². The topological polar surface area (TPSA) is 79.6 Å². The molecule has 0 radical (unpaired) electrons. The van der Waals surface area contributed by atoms with Gasteiger partial charge in [-0.3, -0.25) is 14.4 Å². The van der Waals surface area contributed by atoms with Gasteiger partial charge in [0, 0.05) is 10.5 Å². The summed E-state index contributed by atoms with van der Waals surface area (Å²) in [5, 5.41) is 2.91. The van der Waals surface area contributed by atoms with Crippen LogP contribution in [-0.4, -0.2) is 29.1 Å². The summed E-state index contributed by atoms with van der Waals surface area (Å²) in [6.45, 7) is 0. The van der Waals surface area contributed by atoms with Crippen molar-refractivity contribution >= 4 is 40.3 Å². The molecule has 1 amide bonds. The second kappa shape index (κ2) is 6.44. The molecule has 1 aromatic heterocycles. The van der Waals surface area contributed by atoms with Crippen molar-refractivity contribution in [2.24, 2.45) is 0 Å². The Morgan fingerprint density at radius 1 is 1.12 bits per heavy atom. The lowest BCUT2D eigenvalue weighted by atomic mass is 10.0. The summed E-state index contributed by atoms with van der Waals surface area (Å²) >= 11 is 1.32. The molecule has 0 fully saturated rings. The van der Waals surface area contributed by atoms with E-state index in [2.05, 4.69) is 5.32 Å². The van der Waals surface area contributed by atoms with Crippen LogP contribution >= 0.6 is 11.9 Å². The number of amides is 1. The van der Waals surface area contributed by atoms with E-state index in [1.807, 2.05) is 12.1 Å². The summed E-state index contributed by atoms with van der Waals surface area (Å²) in [5.74, 6) is -0.869. The Kier molecular flexibility index (Phi) is 4.10. The predicted octanol–water partition coefficient (Wildman–Crippen LogP) is 2.94. The van der Waals surface area contributed by atoms with Crippen LogP contribution in [0, 0.1) is 0 Å². The molecule has 2 heterocycles. The van der Waals surface area contributed by atoms with E-state index in [4.69, 9.17) is 4.42 Å². The fourth-order valence-corrected chi connectivity index (χ4v) is 3.93. The quantitative estimate of drug-likeness (QED) is 0.555. The van der Waals surface area contributed by atoms with E-state index in [-0.39, 0.29) is 16.9 Å². The highest BCUT2D eigenvalue weighted by Gasteiger charge is 2.37. The number of nitrogens with one attached hydrogen (secondary N) is 1. The molecular weight excluding hydrogens is 352 g/mol. The number of anilines is 1. The summed E-state index contributed by atoms with van der Waals surface area (Å²) < 4.78 is 6.99. The van der Waals surface area contributed by atoms with Crippen LogP contribution in [0.2, 0.25) is 0 Å². The third-order valence-electron chi connectivity index (χ3n) is 4.19. The Labute approximate surface area is 152 Å². The fraction of sp³-hybridized carbons (Fsp3) is 0.105. The Morgan fingerprint density at radius 3 is 2.69 bits per heavy atom. The SMILES string of the molecule is CN1Sc2ccccc2C(=O)C1C(=O)Nc1coc2ccccc2c1=O. The van der Waals surface area contributed by atoms with Gasteiger partial charge < -0.3 is 9.73 Å². The highest BCUT2D eigenvalue weighted by atomic mass is 32.2. The molecule has 0 saturated carbocycles. The summed E-state index contributed by atoms with van der Waals surface area (Å²) in [4.78, 5) is 38.8. The zero-order valence-electron chi connectivity index (χ0n) is 13.8. The van der Waals surface area contributed by atoms with Crippen LogP contribution in [-0.2, 0) is 4.79 Å². The number of fused-ring (bicyclic) bond motifs is 2. The number of ketones is 1. The van der Waals surface area contributed by atoms with E-state index in [1.165, 1.54) is 18.2 Å². The van der Waals surface area contributed by atoms with Gasteiger partial charge in [0.15, 0.2) is 11.8 Å². The minimum Gasteiger partial charge on any atom is -0.462 e. The van der Waals surface area contributed by atoms with Gasteiger partial charge in [-0.05, 0) is 37.2 Å². The lowest BCUT2D eigenvalue weighted by molar-refractivity contribution is -0.118. The molecule has 1 unspecified atom stereocenters. The Morgan fingerprint density at radius 2 is 1.85 bits per heavy atom. The minimum atomic E-state index is -1.03. The Hall–Kier alpha value is -2.90. The lowest BCUT2D eigenvalue weighted by Gasteiger charge is -2.30. The first kappa shape index (κ1) is 16.6. The molecule has 0 saturated heterocycles. The molecule has 0 bridgehead atoms. The van der Waals surface area contributed by atoms with Crippen molar-refractivity contribution in [1.29, 1.82) is 0 Å². The normalized spacial score (nSPS) is 17.1. The van der Waals surface area contributed by atoms with E-state index in [1.54, 1.807) is 47.8 Å². The largest absolute Gasteiger partial charge is 0.462 e. The molecule has 7 heteroatoms. The number of Topliss-reactive ketones (excluding diaryl/α,β-unsaturated/α-hetero) is 1. The maximum absolute atomic E-state index is 12.7. The molecule has 1 aliphatic rings. The lowest BCUT2D eigenvalue weighted by Crippen LogP contribution is -2.47. The van der Waals surface area contributed by atoms with Crippen molar-refractivity contribution in [3.63, 3.8) is 0 Å². The number of benzene rings is 2. The molecule has 130 valence electrons. The van der Waals surface area contributed by atoms with Gasteiger partial charge in [-0.15, -0.1) is 0 Å². The first-order valence-corrected chi connectivity index (χ1v) is 8.69. The second-order valence-corrected chi connectivity index (χ2v) is 7.06. The number of likely N-dealkylation sites (N-methyl/N-ethyl adjacent to an activating group) is 1. The minimum absolute atomic E-state index is 0.0127. The molecule has 1 atom stereocenters. The molecule has 1 aliphatic heterocycles. The molecule has 2 aromatic carbocycles. The highest BCUT2D eigenvalue weighted by Crippen LogP contribution is 2.34. The zero-order valence-corrected chi connectivity index (χ0v) is 14.6. The maximum atomic E-state index is 12.7. The van der Waals surface area contributed by atoms with E-state index in [0.717, 1.165) is 4.90 Å². The van der Waals surface area contributed by atoms with Crippen LogP contribution in [0.3, 0.4) is 0 Å². The van der Waals surface area contributed by atoms with E-state index >= 15 is 0 Å². The average molecular weight is 366 g/mol. The van der Waals surface area contributed by atoms with E-state index in [9.17, 15) is 14.4 Å². The van der Waals surface area contributed by atoms with Gasteiger partial charge in [0.2, 0.25) is 5.43 Å². The number of rotatable bonds is 2. The van der Waals surface area contributed by atoms with Crippen LogP contribution < -0.4 is 10.7 Å². The summed E-state index contributed by atoms with van der Waals surface area (Å²) in [6.07, 6.45) is 1.21. The molecule has 0 aliphatic carbocycles.